The van der Waals surface area contributed by atoms with Gasteiger partial charge in [0.05, 0.1) is 22.6 Å². The molecule has 0 aliphatic rings. The van der Waals surface area contributed by atoms with Crippen LogP contribution in [0.15, 0.2) is 40.9 Å². The molecule has 5 heteroatoms. The summed E-state index contributed by atoms with van der Waals surface area (Å²) in [6.07, 6.45) is 0. The lowest BCUT2D eigenvalue weighted by atomic mass is 10.2. The fourth-order valence-electron chi connectivity index (χ4n) is 1.51. The number of hydrogen-bond acceptors (Lipinski definition) is 3. The van der Waals surface area contributed by atoms with E-state index in [0.29, 0.717) is 11.3 Å². The van der Waals surface area contributed by atoms with E-state index < -0.39 is 0 Å². The molecule has 2 aromatic carbocycles. The lowest BCUT2D eigenvalue weighted by Crippen LogP contribution is -1.98. The monoisotopic (exact) mass is 413 g/mol. The van der Waals surface area contributed by atoms with Gasteiger partial charge in [0.15, 0.2) is 0 Å². The van der Waals surface area contributed by atoms with E-state index in [1.54, 1.807) is 6.07 Å². The molecule has 18 heavy (non-hydrogen) atoms. The van der Waals surface area contributed by atoms with E-state index in [4.69, 9.17) is 11.0 Å². The van der Waals surface area contributed by atoms with Crippen LogP contribution in [-0.2, 0) is 0 Å². The normalized spacial score (nSPS) is 9.83. The van der Waals surface area contributed by atoms with Gasteiger partial charge < -0.3 is 11.1 Å². The number of nitriles is 1. The second kappa shape index (κ2) is 5.59. The van der Waals surface area contributed by atoms with Gasteiger partial charge in [0.2, 0.25) is 0 Å². The van der Waals surface area contributed by atoms with Crippen LogP contribution in [0.4, 0.5) is 17.1 Å². The fraction of sp³-hybridized carbons (Fsp3) is 0. The van der Waals surface area contributed by atoms with E-state index in [9.17, 15) is 0 Å². The van der Waals surface area contributed by atoms with E-state index >= 15 is 0 Å². The molecule has 2 rings (SSSR count). The zero-order valence-corrected chi connectivity index (χ0v) is 13.0. The molecular weight excluding hydrogens is 405 g/mol. The number of rotatable bonds is 2. The van der Waals surface area contributed by atoms with Gasteiger partial charge in [0.25, 0.3) is 0 Å². The van der Waals surface area contributed by atoms with Crippen LogP contribution in [0.1, 0.15) is 5.56 Å². The van der Waals surface area contributed by atoms with E-state index in [-0.39, 0.29) is 0 Å². The number of nitrogens with two attached hydrogens (primary N) is 1. The van der Waals surface area contributed by atoms with Crippen LogP contribution in [-0.4, -0.2) is 0 Å². The van der Waals surface area contributed by atoms with Gasteiger partial charge in [0.1, 0.15) is 6.07 Å². The van der Waals surface area contributed by atoms with Crippen molar-refractivity contribution >= 4 is 55.6 Å². The molecule has 0 bridgehead atoms. The Kier molecular flexibility index (Phi) is 4.09. The van der Waals surface area contributed by atoms with Crippen LogP contribution < -0.4 is 11.1 Å². The number of nitrogens with zero attached hydrogens (tertiary/aromatic N) is 1. The Morgan fingerprint density at radius 3 is 2.61 bits per heavy atom. The molecule has 0 aromatic heterocycles. The van der Waals surface area contributed by atoms with E-state index in [1.165, 1.54) is 0 Å². The Morgan fingerprint density at radius 1 is 1.17 bits per heavy atom. The maximum atomic E-state index is 9.06. The van der Waals surface area contributed by atoms with Crippen LogP contribution in [0, 0.1) is 14.9 Å². The van der Waals surface area contributed by atoms with Gasteiger partial charge in [-0.05, 0) is 59.0 Å². The quantitative estimate of drug-likeness (QED) is 0.571. The van der Waals surface area contributed by atoms with Gasteiger partial charge in [0, 0.05) is 8.04 Å². The van der Waals surface area contributed by atoms with Crippen molar-refractivity contribution in [3.05, 3.63) is 50.0 Å². The molecule has 0 saturated heterocycles. The SMILES string of the molecule is N#Cc1ccc(Br)cc1Nc1ccc(I)cc1N. The third kappa shape index (κ3) is 2.94. The number of nitrogens with one attached hydrogen (secondary N) is 1. The molecule has 0 saturated carbocycles. The van der Waals surface area contributed by atoms with Crippen molar-refractivity contribution in [2.45, 2.75) is 0 Å². The largest absolute Gasteiger partial charge is 0.397 e. The smallest absolute Gasteiger partial charge is 0.101 e. The molecule has 0 aliphatic carbocycles. The standard InChI is InChI=1S/C13H9BrIN3/c14-9-2-1-8(7-16)13(5-9)18-12-4-3-10(15)6-11(12)17/h1-6,18H,17H2. The molecule has 90 valence electrons. The molecule has 3 N–H and O–H groups in total. The van der Waals surface area contributed by atoms with Gasteiger partial charge >= 0.3 is 0 Å². The molecule has 0 fully saturated rings. The van der Waals surface area contributed by atoms with Gasteiger partial charge in [-0.15, -0.1) is 0 Å². The summed E-state index contributed by atoms with van der Waals surface area (Å²) in [5, 5.41) is 12.2. The topological polar surface area (TPSA) is 61.8 Å². The fourth-order valence-corrected chi connectivity index (χ4v) is 2.39. The van der Waals surface area contributed by atoms with E-state index in [1.807, 2.05) is 30.3 Å². The van der Waals surface area contributed by atoms with E-state index in [0.717, 1.165) is 19.4 Å². The summed E-state index contributed by atoms with van der Waals surface area (Å²) >= 11 is 5.59. The maximum absolute atomic E-state index is 9.06. The van der Waals surface area contributed by atoms with E-state index in [2.05, 4.69) is 49.9 Å². The lowest BCUT2D eigenvalue weighted by molar-refractivity contribution is 1.45. The Morgan fingerprint density at radius 2 is 1.94 bits per heavy atom. The Balaban J connectivity index is 2.40. The molecule has 0 spiro atoms. The minimum absolute atomic E-state index is 0.580. The molecule has 0 aliphatic heterocycles. The number of benzene rings is 2. The lowest BCUT2D eigenvalue weighted by Gasteiger charge is -2.11. The van der Waals surface area contributed by atoms with Crippen LogP contribution in [0.3, 0.4) is 0 Å². The molecule has 2 aromatic rings. The zero-order valence-electron chi connectivity index (χ0n) is 9.24. The van der Waals surface area contributed by atoms with Crippen molar-refractivity contribution in [3.63, 3.8) is 0 Å². The second-order valence-corrected chi connectivity index (χ2v) is 5.82. The Hall–Kier alpha value is -1.26. The van der Waals surface area contributed by atoms with Crippen molar-refractivity contribution in [1.29, 1.82) is 5.26 Å². The first-order chi connectivity index (χ1) is 8.60. The predicted octanol–water partition coefficient (Wildman–Crippen LogP) is 4.25. The van der Waals surface area contributed by atoms with Gasteiger partial charge in [-0.25, -0.2) is 0 Å². The first-order valence-corrected chi connectivity index (χ1v) is 6.99. The molecule has 0 atom stereocenters. The number of halogens is 2. The average molecular weight is 414 g/mol. The highest BCUT2D eigenvalue weighted by molar-refractivity contribution is 14.1. The van der Waals surface area contributed by atoms with Crippen LogP contribution in [0.25, 0.3) is 0 Å². The van der Waals surface area contributed by atoms with Crippen molar-refractivity contribution in [2.24, 2.45) is 0 Å². The molecular formula is C13H9BrIN3. The van der Waals surface area contributed by atoms with Crippen molar-refractivity contribution in [1.82, 2.24) is 0 Å². The molecule has 3 nitrogen and oxygen atoms in total. The summed E-state index contributed by atoms with van der Waals surface area (Å²) in [6.45, 7) is 0. The summed E-state index contributed by atoms with van der Waals surface area (Å²) in [5.74, 6) is 0. The third-order valence-corrected chi connectivity index (χ3v) is 3.55. The molecule has 0 unspecified atom stereocenters. The summed E-state index contributed by atoms with van der Waals surface area (Å²) in [7, 11) is 0. The minimum Gasteiger partial charge on any atom is -0.397 e. The first-order valence-electron chi connectivity index (χ1n) is 5.12. The first kappa shape index (κ1) is 13.2. The van der Waals surface area contributed by atoms with Crippen molar-refractivity contribution in [3.8, 4) is 6.07 Å². The predicted molar refractivity (Wildman–Crippen MR) is 85.7 cm³/mol. The van der Waals surface area contributed by atoms with Crippen molar-refractivity contribution < 1.29 is 0 Å². The number of anilines is 3. The highest BCUT2D eigenvalue weighted by Crippen LogP contribution is 2.28. The second-order valence-electron chi connectivity index (χ2n) is 3.66. The summed E-state index contributed by atoms with van der Waals surface area (Å²) in [4.78, 5) is 0. The molecule has 0 amide bonds. The highest BCUT2D eigenvalue weighted by Gasteiger charge is 2.05. The van der Waals surface area contributed by atoms with Gasteiger partial charge in [-0.3, -0.25) is 0 Å². The number of hydrogen-bond donors (Lipinski definition) is 2. The third-order valence-electron chi connectivity index (χ3n) is 2.39. The van der Waals surface area contributed by atoms with Crippen LogP contribution >= 0.6 is 38.5 Å². The maximum Gasteiger partial charge on any atom is 0.101 e. The van der Waals surface area contributed by atoms with Crippen molar-refractivity contribution in [2.75, 3.05) is 11.1 Å². The van der Waals surface area contributed by atoms with Crippen LogP contribution in [0.5, 0.6) is 0 Å². The van der Waals surface area contributed by atoms with Gasteiger partial charge in [-0.1, -0.05) is 15.9 Å². The summed E-state index contributed by atoms with van der Waals surface area (Å²) in [6, 6.07) is 13.3. The highest BCUT2D eigenvalue weighted by atomic mass is 127. The zero-order chi connectivity index (χ0) is 13.1. The average Bonchev–Trinajstić information content (AvgIpc) is 2.33. The van der Waals surface area contributed by atoms with Gasteiger partial charge in [-0.2, -0.15) is 5.26 Å². The summed E-state index contributed by atoms with van der Waals surface area (Å²) < 4.78 is 1.98. The summed E-state index contributed by atoms with van der Waals surface area (Å²) in [5.41, 5.74) is 8.71. The molecule has 0 radical (unpaired) electrons. The van der Waals surface area contributed by atoms with Crippen LogP contribution in [0.2, 0.25) is 0 Å². The number of nitrogen functional groups attached to an aromatic ring is 1. The Labute approximate surface area is 127 Å². The Bertz CT molecular complexity index is 635. The molecule has 0 heterocycles. The minimum atomic E-state index is 0.580.